The van der Waals surface area contributed by atoms with Crippen LogP contribution in [-0.2, 0) is 4.79 Å². The van der Waals surface area contributed by atoms with Gasteiger partial charge in [0.05, 0.1) is 10.9 Å². The first kappa shape index (κ1) is 18.8. The van der Waals surface area contributed by atoms with Gasteiger partial charge in [0.2, 0.25) is 0 Å². The summed E-state index contributed by atoms with van der Waals surface area (Å²) >= 11 is 1.61. The largest absolute Gasteiger partial charge is 0.284 e. The molecule has 0 unspecified atom stereocenters. The third kappa shape index (κ3) is 4.31. The molecule has 2 aliphatic carbocycles. The maximum Gasteiger partial charge on any atom is 0.266 e. The lowest BCUT2D eigenvalue weighted by atomic mass is 9.94. The zero-order chi connectivity index (χ0) is 18.6. The molecule has 4 rings (SSSR count). The number of aliphatic imine (C=N–C) groups is 1. The number of benzene rings is 1. The van der Waals surface area contributed by atoms with Crippen molar-refractivity contribution in [2.45, 2.75) is 83.2 Å². The summed E-state index contributed by atoms with van der Waals surface area (Å²) in [6.45, 7) is 2.10. The molecule has 3 fully saturated rings. The van der Waals surface area contributed by atoms with E-state index >= 15 is 0 Å². The maximum absolute atomic E-state index is 13.3. The Balaban J connectivity index is 1.64. The summed E-state index contributed by atoms with van der Waals surface area (Å²) in [4.78, 5) is 21.3. The molecule has 0 bridgehead atoms. The molecule has 3 aliphatic rings. The van der Waals surface area contributed by atoms with Crippen LogP contribution in [0.3, 0.4) is 0 Å². The summed E-state index contributed by atoms with van der Waals surface area (Å²) < 4.78 is 0. The van der Waals surface area contributed by atoms with E-state index in [0.717, 1.165) is 28.5 Å². The summed E-state index contributed by atoms with van der Waals surface area (Å²) in [5, 5.41) is 0.971. The van der Waals surface area contributed by atoms with E-state index in [1.165, 1.54) is 56.9 Å². The van der Waals surface area contributed by atoms with Crippen LogP contribution in [0.5, 0.6) is 0 Å². The number of amidine groups is 1. The number of aryl methyl sites for hydroxylation is 1. The molecule has 1 aromatic carbocycles. The fourth-order valence-corrected chi connectivity index (χ4v) is 5.59. The summed E-state index contributed by atoms with van der Waals surface area (Å²) in [6, 6.07) is 9.02. The van der Waals surface area contributed by atoms with Gasteiger partial charge in [-0.1, -0.05) is 62.8 Å². The van der Waals surface area contributed by atoms with E-state index in [2.05, 4.69) is 30.0 Å². The van der Waals surface area contributed by atoms with Crippen molar-refractivity contribution in [1.29, 1.82) is 0 Å². The smallest absolute Gasteiger partial charge is 0.266 e. The fraction of sp³-hybridized carbons (Fsp3) is 0.565. The van der Waals surface area contributed by atoms with E-state index in [9.17, 15) is 4.79 Å². The number of thioether (sulfide) groups is 1. The Morgan fingerprint density at radius 1 is 1.00 bits per heavy atom. The van der Waals surface area contributed by atoms with Gasteiger partial charge in [-0.3, -0.25) is 14.7 Å². The summed E-state index contributed by atoms with van der Waals surface area (Å²) in [5.74, 6) is 0.171. The number of carbonyl (C=O) groups excluding carboxylic acids is 1. The topological polar surface area (TPSA) is 32.7 Å². The Hall–Kier alpha value is -1.55. The van der Waals surface area contributed by atoms with Crippen LogP contribution in [0.25, 0.3) is 6.08 Å². The second-order valence-corrected chi connectivity index (χ2v) is 9.15. The SMILES string of the molecule is Cc1ccccc1C=C1SC(=NC2CCCCC2)N(C2CCCCC2)C1=O. The lowest BCUT2D eigenvalue weighted by Gasteiger charge is -2.31. The summed E-state index contributed by atoms with van der Waals surface area (Å²) in [7, 11) is 0. The number of nitrogens with zero attached hydrogens (tertiary/aromatic N) is 2. The van der Waals surface area contributed by atoms with E-state index in [1.807, 2.05) is 12.1 Å². The van der Waals surface area contributed by atoms with Crippen LogP contribution < -0.4 is 0 Å². The lowest BCUT2D eigenvalue weighted by Crippen LogP contribution is -2.41. The molecule has 1 saturated heterocycles. The molecule has 144 valence electrons. The van der Waals surface area contributed by atoms with Crippen molar-refractivity contribution in [2.24, 2.45) is 4.99 Å². The van der Waals surface area contributed by atoms with Gasteiger partial charge in [0, 0.05) is 6.04 Å². The van der Waals surface area contributed by atoms with Crippen LogP contribution in [0.2, 0.25) is 0 Å². The van der Waals surface area contributed by atoms with Gasteiger partial charge in [-0.25, -0.2) is 0 Å². The van der Waals surface area contributed by atoms with Crippen molar-refractivity contribution >= 4 is 28.9 Å². The quantitative estimate of drug-likeness (QED) is 0.607. The number of hydrogen-bond donors (Lipinski definition) is 0. The predicted octanol–water partition coefficient (Wildman–Crippen LogP) is 5.93. The molecule has 4 heteroatoms. The van der Waals surface area contributed by atoms with E-state index < -0.39 is 0 Å². The first-order valence-electron chi connectivity index (χ1n) is 10.6. The highest BCUT2D eigenvalue weighted by Gasteiger charge is 2.39. The Labute approximate surface area is 167 Å². The second-order valence-electron chi connectivity index (χ2n) is 8.14. The monoisotopic (exact) mass is 382 g/mol. The van der Waals surface area contributed by atoms with E-state index in [4.69, 9.17) is 4.99 Å². The standard InChI is InChI=1S/C23H30N2OS/c1-17-10-8-9-11-18(17)16-21-22(26)25(20-14-6-3-7-15-20)23(27-21)24-19-12-4-2-5-13-19/h8-11,16,19-20H,2-7,12-15H2,1H3. The molecule has 27 heavy (non-hydrogen) atoms. The Morgan fingerprint density at radius 2 is 1.67 bits per heavy atom. The van der Waals surface area contributed by atoms with Gasteiger partial charge in [-0.05, 0) is 61.6 Å². The molecule has 2 saturated carbocycles. The molecule has 0 atom stereocenters. The summed E-state index contributed by atoms with van der Waals surface area (Å²) in [6.07, 6.45) is 14.3. The van der Waals surface area contributed by atoms with Crippen LogP contribution in [0.15, 0.2) is 34.2 Å². The predicted molar refractivity (Wildman–Crippen MR) is 115 cm³/mol. The molecule has 0 spiro atoms. The van der Waals surface area contributed by atoms with Crippen LogP contribution in [0.1, 0.15) is 75.3 Å². The van der Waals surface area contributed by atoms with Gasteiger partial charge >= 0.3 is 0 Å². The minimum absolute atomic E-state index is 0.171. The molecule has 0 N–H and O–H groups in total. The van der Waals surface area contributed by atoms with Crippen LogP contribution >= 0.6 is 11.8 Å². The van der Waals surface area contributed by atoms with Crippen LogP contribution in [0.4, 0.5) is 0 Å². The zero-order valence-corrected chi connectivity index (χ0v) is 17.1. The van der Waals surface area contributed by atoms with Crippen LogP contribution in [-0.4, -0.2) is 28.1 Å². The first-order chi connectivity index (χ1) is 13.2. The minimum Gasteiger partial charge on any atom is -0.284 e. The van der Waals surface area contributed by atoms with Crippen molar-refractivity contribution in [3.8, 4) is 0 Å². The van der Waals surface area contributed by atoms with Crippen molar-refractivity contribution in [3.63, 3.8) is 0 Å². The highest BCUT2D eigenvalue weighted by atomic mass is 32.2. The van der Waals surface area contributed by atoms with Gasteiger partial charge in [0.25, 0.3) is 5.91 Å². The molecule has 1 heterocycles. The van der Waals surface area contributed by atoms with Gasteiger partial charge in [0.1, 0.15) is 0 Å². The molecule has 1 amide bonds. The Kier molecular flexibility index (Phi) is 6.01. The van der Waals surface area contributed by atoms with E-state index in [1.54, 1.807) is 11.8 Å². The third-order valence-corrected chi connectivity index (χ3v) is 7.12. The third-order valence-electron chi connectivity index (χ3n) is 6.12. The number of rotatable bonds is 3. The minimum atomic E-state index is 0.171. The van der Waals surface area contributed by atoms with E-state index in [0.29, 0.717) is 12.1 Å². The van der Waals surface area contributed by atoms with Crippen LogP contribution in [0, 0.1) is 6.92 Å². The van der Waals surface area contributed by atoms with Crippen molar-refractivity contribution < 1.29 is 4.79 Å². The van der Waals surface area contributed by atoms with Gasteiger partial charge < -0.3 is 0 Å². The number of hydrogen-bond acceptors (Lipinski definition) is 3. The molecule has 0 aromatic heterocycles. The highest BCUT2D eigenvalue weighted by Crippen LogP contribution is 2.38. The molecule has 0 radical (unpaired) electrons. The lowest BCUT2D eigenvalue weighted by molar-refractivity contribution is -0.124. The first-order valence-corrected chi connectivity index (χ1v) is 11.4. The average molecular weight is 383 g/mol. The second kappa shape index (κ2) is 8.64. The molecular weight excluding hydrogens is 352 g/mol. The van der Waals surface area contributed by atoms with Gasteiger partial charge in [-0.15, -0.1) is 0 Å². The number of amides is 1. The maximum atomic E-state index is 13.3. The Morgan fingerprint density at radius 3 is 2.37 bits per heavy atom. The molecule has 3 nitrogen and oxygen atoms in total. The highest BCUT2D eigenvalue weighted by molar-refractivity contribution is 8.18. The van der Waals surface area contributed by atoms with Gasteiger partial charge in [-0.2, -0.15) is 0 Å². The molecule has 1 aromatic rings. The van der Waals surface area contributed by atoms with Gasteiger partial charge in [0.15, 0.2) is 5.17 Å². The molecular formula is C23H30N2OS. The Bertz CT molecular complexity index is 743. The zero-order valence-electron chi connectivity index (χ0n) is 16.3. The normalized spacial score (nSPS) is 25.7. The summed E-state index contributed by atoms with van der Waals surface area (Å²) in [5.41, 5.74) is 2.34. The van der Waals surface area contributed by atoms with Crippen molar-refractivity contribution in [2.75, 3.05) is 0 Å². The van der Waals surface area contributed by atoms with Crippen molar-refractivity contribution in [1.82, 2.24) is 4.90 Å². The fourth-order valence-electron chi connectivity index (χ4n) is 4.49. The average Bonchev–Trinajstić information content (AvgIpc) is 3.00. The van der Waals surface area contributed by atoms with Crippen molar-refractivity contribution in [3.05, 3.63) is 40.3 Å². The molecule has 1 aliphatic heterocycles. The van der Waals surface area contributed by atoms with E-state index in [-0.39, 0.29) is 5.91 Å². The number of carbonyl (C=O) groups is 1.